The summed E-state index contributed by atoms with van der Waals surface area (Å²) < 4.78 is 21.9. The fourth-order valence-electron chi connectivity index (χ4n) is 6.69. The summed E-state index contributed by atoms with van der Waals surface area (Å²) in [7, 11) is 1.95. The van der Waals surface area contributed by atoms with Crippen LogP contribution in [0.2, 0.25) is 0 Å². The van der Waals surface area contributed by atoms with Crippen LogP contribution in [0.5, 0.6) is 0 Å². The van der Waals surface area contributed by atoms with Gasteiger partial charge in [0.25, 0.3) is 5.56 Å². The van der Waals surface area contributed by atoms with E-state index in [1.165, 1.54) is 6.07 Å². The summed E-state index contributed by atoms with van der Waals surface area (Å²) in [5, 5.41) is 23.8. The maximum atomic E-state index is 15.1. The van der Waals surface area contributed by atoms with Gasteiger partial charge in [-0.25, -0.2) is 14.2 Å². The molecular weight excluding hydrogens is 531 g/mol. The van der Waals surface area contributed by atoms with Crippen LogP contribution in [0.15, 0.2) is 16.9 Å². The summed E-state index contributed by atoms with van der Waals surface area (Å²) >= 11 is 0. The monoisotopic (exact) mass is 564 g/mol. The third-order valence-corrected chi connectivity index (χ3v) is 9.01. The van der Waals surface area contributed by atoms with Gasteiger partial charge in [0.05, 0.1) is 35.6 Å². The molecule has 4 heterocycles. The second-order valence-electron chi connectivity index (χ2n) is 11.2. The number of aliphatic hydroxyl groups excluding tert-OH is 1. The molecule has 41 heavy (non-hydrogen) atoms. The van der Waals surface area contributed by atoms with Crippen LogP contribution < -0.4 is 10.9 Å². The number of cyclic esters (lactones) is 1. The van der Waals surface area contributed by atoms with E-state index in [0.717, 1.165) is 22.1 Å². The highest BCUT2D eigenvalue weighted by molar-refractivity contribution is 5.93. The van der Waals surface area contributed by atoms with Gasteiger partial charge < -0.3 is 24.8 Å². The fourth-order valence-corrected chi connectivity index (χ4v) is 6.69. The topological polar surface area (TPSA) is 134 Å². The number of hydrogen-bond donors (Lipinski definition) is 3. The first-order chi connectivity index (χ1) is 19.6. The number of pyridine rings is 2. The van der Waals surface area contributed by atoms with Gasteiger partial charge in [0.1, 0.15) is 12.4 Å². The van der Waals surface area contributed by atoms with Crippen molar-refractivity contribution in [2.75, 3.05) is 26.7 Å². The SMILES string of the molecule is CC[C@@]1(O)C(=O)OCc2c1cc1n(c2=O)Cc2c-1nc1cc(F)c(C)c3c1c2C(N(C)CCC(=O)NCCO)CC3. The van der Waals surface area contributed by atoms with Crippen LogP contribution in [0.3, 0.4) is 0 Å². The summed E-state index contributed by atoms with van der Waals surface area (Å²) in [5.74, 6) is -1.29. The number of aliphatic hydroxyl groups is 2. The predicted octanol–water partition coefficient (Wildman–Crippen LogP) is 1.94. The molecule has 1 unspecified atom stereocenters. The van der Waals surface area contributed by atoms with Crippen molar-refractivity contribution in [3.63, 3.8) is 0 Å². The Kier molecular flexibility index (Phi) is 6.71. The summed E-state index contributed by atoms with van der Waals surface area (Å²) in [6, 6.07) is 2.98. The highest BCUT2D eigenvalue weighted by atomic mass is 19.1. The first kappa shape index (κ1) is 27.5. The first-order valence-electron chi connectivity index (χ1n) is 14.0. The minimum absolute atomic E-state index is 0.0393. The summed E-state index contributed by atoms with van der Waals surface area (Å²) in [4.78, 5) is 45.6. The third kappa shape index (κ3) is 4.09. The molecule has 6 rings (SSSR count). The number of carbonyl (C=O) groups is 2. The van der Waals surface area contributed by atoms with Gasteiger partial charge in [0.2, 0.25) is 5.91 Å². The number of fused-ring (bicyclic) bond motifs is 5. The number of nitrogens with one attached hydrogen (secondary N) is 1. The molecule has 3 aromatic rings. The van der Waals surface area contributed by atoms with Crippen molar-refractivity contribution in [2.45, 2.75) is 64.3 Å². The number of hydrogen-bond acceptors (Lipinski definition) is 8. The Morgan fingerprint density at radius 1 is 1.29 bits per heavy atom. The lowest BCUT2D eigenvalue weighted by molar-refractivity contribution is -0.172. The van der Waals surface area contributed by atoms with Crippen molar-refractivity contribution in [2.24, 2.45) is 0 Å². The fraction of sp³-hybridized carbons (Fsp3) is 0.467. The molecule has 1 amide bonds. The average Bonchev–Trinajstić information content (AvgIpc) is 3.34. The average molecular weight is 565 g/mol. The van der Waals surface area contributed by atoms with Gasteiger partial charge in [-0.1, -0.05) is 6.92 Å². The Morgan fingerprint density at radius 2 is 2.07 bits per heavy atom. The first-order valence-corrected chi connectivity index (χ1v) is 14.0. The van der Waals surface area contributed by atoms with Gasteiger partial charge >= 0.3 is 5.97 Å². The molecule has 0 bridgehead atoms. The normalized spacial score (nSPS) is 20.6. The Labute approximate surface area is 235 Å². The number of esters is 1. The van der Waals surface area contributed by atoms with Gasteiger partial charge in [0.15, 0.2) is 5.60 Å². The lowest BCUT2D eigenvalue weighted by atomic mass is 9.81. The van der Waals surface area contributed by atoms with E-state index >= 15 is 4.39 Å². The number of rotatable bonds is 7. The van der Waals surface area contributed by atoms with E-state index in [-0.39, 0.29) is 73.6 Å². The Morgan fingerprint density at radius 3 is 2.80 bits per heavy atom. The van der Waals surface area contributed by atoms with E-state index in [0.29, 0.717) is 41.9 Å². The highest BCUT2D eigenvalue weighted by Gasteiger charge is 2.46. The highest BCUT2D eigenvalue weighted by Crippen LogP contribution is 2.47. The molecule has 216 valence electrons. The summed E-state index contributed by atoms with van der Waals surface area (Å²) in [6.45, 7) is 3.98. The zero-order chi connectivity index (χ0) is 29.2. The standard InChI is InChI=1S/C30H33FN4O6/c1-4-30(40)19-11-23-27-17(13-35(23)28(38)18(19)14-41-29(30)39)26-22(34(3)9-7-24(37)32-8-10-36)6-5-16-15(2)20(31)12-21(33-27)25(16)26/h11-12,22,36,40H,4-10,13-14H2,1-3H3,(H,32,37)/t22?,30-/m0/s1. The second kappa shape index (κ2) is 10.0. The van der Waals surface area contributed by atoms with Crippen molar-refractivity contribution < 1.29 is 28.9 Å². The largest absolute Gasteiger partial charge is 0.458 e. The van der Waals surface area contributed by atoms with E-state index in [9.17, 15) is 19.5 Å². The molecule has 0 fully saturated rings. The van der Waals surface area contributed by atoms with Crippen LogP contribution in [0.25, 0.3) is 22.3 Å². The summed E-state index contributed by atoms with van der Waals surface area (Å²) in [5.41, 5.74) is 2.96. The maximum absolute atomic E-state index is 15.1. The maximum Gasteiger partial charge on any atom is 0.343 e. The van der Waals surface area contributed by atoms with E-state index in [2.05, 4.69) is 10.2 Å². The van der Waals surface area contributed by atoms with Gasteiger partial charge in [-0.05, 0) is 56.0 Å². The van der Waals surface area contributed by atoms with Crippen LogP contribution in [0.4, 0.5) is 4.39 Å². The predicted molar refractivity (Wildman–Crippen MR) is 148 cm³/mol. The van der Waals surface area contributed by atoms with Crippen molar-refractivity contribution in [1.29, 1.82) is 0 Å². The number of halogens is 1. The van der Waals surface area contributed by atoms with Crippen LogP contribution >= 0.6 is 0 Å². The van der Waals surface area contributed by atoms with E-state index in [1.807, 2.05) is 7.05 Å². The number of amides is 1. The molecule has 2 aliphatic heterocycles. The van der Waals surface area contributed by atoms with Crippen molar-refractivity contribution >= 4 is 22.8 Å². The molecule has 1 aliphatic carbocycles. The second-order valence-corrected chi connectivity index (χ2v) is 11.2. The lowest BCUT2D eigenvalue weighted by Gasteiger charge is -2.35. The molecule has 2 atom stereocenters. The Hall–Kier alpha value is -3.67. The number of nitrogens with zero attached hydrogens (tertiary/aromatic N) is 3. The zero-order valence-electron chi connectivity index (χ0n) is 23.3. The smallest absolute Gasteiger partial charge is 0.343 e. The molecule has 3 N–H and O–H groups in total. The number of aryl methyl sites for hydroxylation is 1. The van der Waals surface area contributed by atoms with Crippen LogP contribution in [0.1, 0.15) is 65.6 Å². The van der Waals surface area contributed by atoms with Crippen molar-refractivity contribution in [3.8, 4) is 11.4 Å². The summed E-state index contributed by atoms with van der Waals surface area (Å²) in [6.07, 6.45) is 1.62. The zero-order valence-corrected chi connectivity index (χ0v) is 23.3. The minimum atomic E-state index is -1.94. The molecule has 2 aromatic heterocycles. The number of benzene rings is 1. The van der Waals surface area contributed by atoms with Gasteiger partial charge in [-0.2, -0.15) is 0 Å². The van der Waals surface area contributed by atoms with Gasteiger partial charge in [0, 0.05) is 48.1 Å². The van der Waals surface area contributed by atoms with Gasteiger partial charge in [-0.15, -0.1) is 0 Å². The van der Waals surface area contributed by atoms with Crippen LogP contribution in [-0.2, 0) is 39.5 Å². The quantitative estimate of drug-likeness (QED) is 0.290. The minimum Gasteiger partial charge on any atom is -0.458 e. The molecule has 3 aliphatic rings. The molecule has 0 spiro atoms. The number of aromatic nitrogens is 2. The molecule has 0 saturated carbocycles. The third-order valence-electron chi connectivity index (χ3n) is 9.01. The van der Waals surface area contributed by atoms with E-state index in [4.69, 9.17) is 14.8 Å². The Bertz CT molecular complexity index is 1680. The molecule has 1 aromatic carbocycles. The van der Waals surface area contributed by atoms with E-state index in [1.54, 1.807) is 24.5 Å². The lowest BCUT2D eigenvalue weighted by Crippen LogP contribution is -2.44. The number of carbonyl (C=O) groups excluding carboxylic acids is 2. The van der Waals surface area contributed by atoms with E-state index < -0.39 is 11.6 Å². The van der Waals surface area contributed by atoms with Gasteiger partial charge in [-0.3, -0.25) is 14.5 Å². The van der Waals surface area contributed by atoms with Crippen LogP contribution in [0, 0.1) is 12.7 Å². The molecular formula is C30H33FN4O6. The number of ether oxygens (including phenoxy) is 1. The molecule has 10 nitrogen and oxygen atoms in total. The van der Waals surface area contributed by atoms with Crippen molar-refractivity contribution in [1.82, 2.24) is 19.8 Å². The molecule has 0 saturated heterocycles. The van der Waals surface area contributed by atoms with Crippen molar-refractivity contribution in [3.05, 3.63) is 61.7 Å². The molecule has 0 radical (unpaired) electrons. The Balaban J connectivity index is 1.52. The van der Waals surface area contributed by atoms with Crippen LogP contribution in [-0.4, -0.2) is 63.3 Å². The molecule has 11 heteroatoms.